The van der Waals surface area contributed by atoms with Crippen LogP contribution >= 0.6 is 15.9 Å². The van der Waals surface area contributed by atoms with E-state index in [1.54, 1.807) is 25.1 Å². The van der Waals surface area contributed by atoms with E-state index in [4.69, 9.17) is 0 Å². The highest BCUT2D eigenvalue weighted by Gasteiger charge is 2.22. The molecule has 0 aliphatic carbocycles. The summed E-state index contributed by atoms with van der Waals surface area (Å²) >= 11 is 3.40. The molecular formula is C18H20BrNO3S. The molecule has 0 spiro atoms. The maximum atomic E-state index is 12.6. The summed E-state index contributed by atoms with van der Waals surface area (Å²) in [6.45, 7) is 3.67. The van der Waals surface area contributed by atoms with Gasteiger partial charge in [0.05, 0.1) is 22.3 Å². The molecule has 4 nitrogen and oxygen atoms in total. The summed E-state index contributed by atoms with van der Waals surface area (Å²) in [6, 6.07) is 13.7. The van der Waals surface area contributed by atoms with Crippen molar-refractivity contribution < 1.29 is 13.2 Å². The first kappa shape index (κ1) is 18.7. The second-order valence-electron chi connectivity index (χ2n) is 5.57. The highest BCUT2D eigenvalue weighted by atomic mass is 79.9. The quantitative estimate of drug-likeness (QED) is 0.779. The topological polar surface area (TPSA) is 63.2 Å². The SMILES string of the molecule is CCCS(=O)(=O)c1ccccc1C(=O)N[C@@H](C)c1cccc(Br)c1. The Morgan fingerprint density at radius 3 is 2.54 bits per heavy atom. The van der Waals surface area contributed by atoms with E-state index >= 15 is 0 Å². The molecule has 0 unspecified atom stereocenters. The van der Waals surface area contributed by atoms with Crippen molar-refractivity contribution >= 4 is 31.7 Å². The smallest absolute Gasteiger partial charge is 0.253 e. The summed E-state index contributed by atoms with van der Waals surface area (Å²) in [7, 11) is -3.46. The molecule has 6 heteroatoms. The van der Waals surface area contributed by atoms with E-state index in [0.29, 0.717) is 6.42 Å². The van der Waals surface area contributed by atoms with Gasteiger partial charge in [0.2, 0.25) is 0 Å². The van der Waals surface area contributed by atoms with E-state index in [9.17, 15) is 13.2 Å². The summed E-state index contributed by atoms with van der Waals surface area (Å²) in [6.07, 6.45) is 0.507. The summed E-state index contributed by atoms with van der Waals surface area (Å²) < 4.78 is 25.7. The van der Waals surface area contributed by atoms with Crippen LogP contribution < -0.4 is 5.32 Å². The van der Waals surface area contributed by atoms with Crippen molar-refractivity contribution in [1.82, 2.24) is 5.32 Å². The second kappa shape index (κ2) is 7.94. The molecule has 0 heterocycles. The fourth-order valence-electron chi connectivity index (χ4n) is 2.44. The number of carbonyl (C=O) groups is 1. The number of hydrogen-bond donors (Lipinski definition) is 1. The average molecular weight is 410 g/mol. The van der Waals surface area contributed by atoms with Gasteiger partial charge in [-0.1, -0.05) is 47.1 Å². The highest BCUT2D eigenvalue weighted by molar-refractivity contribution is 9.10. The lowest BCUT2D eigenvalue weighted by atomic mass is 10.1. The molecule has 24 heavy (non-hydrogen) atoms. The molecule has 0 fully saturated rings. The summed E-state index contributed by atoms with van der Waals surface area (Å²) in [5, 5.41) is 2.87. The normalized spacial score (nSPS) is 12.6. The summed E-state index contributed by atoms with van der Waals surface area (Å²) in [5.41, 5.74) is 1.12. The lowest BCUT2D eigenvalue weighted by Gasteiger charge is -2.16. The van der Waals surface area contributed by atoms with Gasteiger partial charge in [0, 0.05) is 4.47 Å². The van der Waals surface area contributed by atoms with Crippen LogP contribution in [0.1, 0.15) is 42.2 Å². The van der Waals surface area contributed by atoms with Gasteiger partial charge in [0.15, 0.2) is 9.84 Å². The first-order valence-electron chi connectivity index (χ1n) is 7.73. The van der Waals surface area contributed by atoms with E-state index in [1.165, 1.54) is 6.07 Å². The third kappa shape index (κ3) is 4.45. The number of sulfone groups is 1. The fourth-order valence-corrected chi connectivity index (χ4v) is 4.39. The van der Waals surface area contributed by atoms with Crippen LogP contribution in [0.25, 0.3) is 0 Å². The lowest BCUT2D eigenvalue weighted by molar-refractivity contribution is 0.0936. The molecule has 0 aliphatic heterocycles. The van der Waals surface area contributed by atoms with Gasteiger partial charge in [-0.25, -0.2) is 8.42 Å². The number of rotatable bonds is 6. The lowest BCUT2D eigenvalue weighted by Crippen LogP contribution is -2.28. The number of benzene rings is 2. The Hall–Kier alpha value is -1.66. The largest absolute Gasteiger partial charge is 0.345 e. The standard InChI is InChI=1S/C18H20BrNO3S/c1-3-11-24(22,23)17-10-5-4-9-16(17)18(21)20-13(2)14-7-6-8-15(19)12-14/h4-10,12-13H,3,11H2,1-2H3,(H,20,21)/t13-/m0/s1. The molecular weight excluding hydrogens is 390 g/mol. The van der Waals surface area contributed by atoms with E-state index in [0.717, 1.165) is 10.0 Å². The van der Waals surface area contributed by atoms with Gasteiger partial charge in [-0.15, -0.1) is 0 Å². The minimum atomic E-state index is -3.46. The fraction of sp³-hybridized carbons (Fsp3) is 0.278. The van der Waals surface area contributed by atoms with Gasteiger partial charge in [-0.2, -0.15) is 0 Å². The van der Waals surface area contributed by atoms with Crippen molar-refractivity contribution in [3.8, 4) is 0 Å². The maximum Gasteiger partial charge on any atom is 0.253 e. The molecule has 0 aromatic heterocycles. The second-order valence-corrected chi connectivity index (χ2v) is 8.56. The van der Waals surface area contributed by atoms with Crippen molar-refractivity contribution in [2.45, 2.75) is 31.2 Å². The molecule has 1 amide bonds. The third-order valence-electron chi connectivity index (χ3n) is 3.64. The Labute approximate surface area is 151 Å². The predicted molar refractivity (Wildman–Crippen MR) is 98.8 cm³/mol. The van der Waals surface area contributed by atoms with Crippen molar-refractivity contribution in [3.63, 3.8) is 0 Å². The number of carbonyl (C=O) groups excluding carboxylic acids is 1. The molecule has 0 aliphatic rings. The molecule has 0 saturated carbocycles. The Morgan fingerprint density at radius 2 is 1.88 bits per heavy atom. The van der Waals surface area contributed by atoms with Crippen molar-refractivity contribution in [1.29, 1.82) is 0 Å². The van der Waals surface area contributed by atoms with E-state index in [2.05, 4.69) is 21.2 Å². The zero-order valence-electron chi connectivity index (χ0n) is 13.6. The Kier molecular flexibility index (Phi) is 6.18. The van der Waals surface area contributed by atoms with E-state index < -0.39 is 15.7 Å². The van der Waals surface area contributed by atoms with Gasteiger partial charge in [0.1, 0.15) is 0 Å². The zero-order valence-corrected chi connectivity index (χ0v) is 16.0. The molecule has 128 valence electrons. The van der Waals surface area contributed by atoms with Gasteiger partial charge in [0.25, 0.3) is 5.91 Å². The number of hydrogen-bond acceptors (Lipinski definition) is 3. The van der Waals surface area contributed by atoms with Crippen LogP contribution in [0.15, 0.2) is 57.9 Å². The van der Waals surface area contributed by atoms with Gasteiger partial charge in [-0.3, -0.25) is 4.79 Å². The first-order valence-corrected chi connectivity index (χ1v) is 10.2. The van der Waals surface area contributed by atoms with Crippen LogP contribution in [0.5, 0.6) is 0 Å². The van der Waals surface area contributed by atoms with E-state index in [1.807, 2.05) is 31.2 Å². The minimum absolute atomic E-state index is 0.0263. The van der Waals surface area contributed by atoms with Crippen LogP contribution in [0.4, 0.5) is 0 Å². The first-order chi connectivity index (χ1) is 11.3. The highest BCUT2D eigenvalue weighted by Crippen LogP contribution is 2.21. The van der Waals surface area contributed by atoms with Crippen molar-refractivity contribution in [2.24, 2.45) is 0 Å². The number of halogens is 1. The van der Waals surface area contributed by atoms with Crippen molar-refractivity contribution in [2.75, 3.05) is 5.75 Å². The molecule has 0 bridgehead atoms. The van der Waals surface area contributed by atoms with Crippen LogP contribution in [-0.2, 0) is 9.84 Å². The monoisotopic (exact) mass is 409 g/mol. The molecule has 1 atom stereocenters. The van der Waals surface area contributed by atoms with Gasteiger partial charge < -0.3 is 5.32 Å². The molecule has 0 saturated heterocycles. The Balaban J connectivity index is 2.28. The Morgan fingerprint density at radius 1 is 1.17 bits per heavy atom. The minimum Gasteiger partial charge on any atom is -0.345 e. The Bertz CT molecular complexity index is 834. The van der Waals surface area contributed by atoms with Crippen LogP contribution in [-0.4, -0.2) is 20.1 Å². The number of amides is 1. The predicted octanol–water partition coefficient (Wildman–Crippen LogP) is 4.12. The summed E-state index contributed by atoms with van der Waals surface area (Å²) in [4.78, 5) is 12.7. The summed E-state index contributed by atoms with van der Waals surface area (Å²) in [5.74, 6) is -0.365. The average Bonchev–Trinajstić information content (AvgIpc) is 2.54. The molecule has 2 aromatic carbocycles. The van der Waals surface area contributed by atoms with Gasteiger partial charge >= 0.3 is 0 Å². The molecule has 1 N–H and O–H groups in total. The van der Waals surface area contributed by atoms with Gasteiger partial charge in [-0.05, 0) is 43.2 Å². The van der Waals surface area contributed by atoms with Crippen LogP contribution in [0, 0.1) is 0 Å². The third-order valence-corrected chi connectivity index (χ3v) is 6.10. The van der Waals surface area contributed by atoms with Crippen LogP contribution in [0.2, 0.25) is 0 Å². The number of nitrogens with one attached hydrogen (secondary N) is 1. The molecule has 2 aromatic rings. The van der Waals surface area contributed by atoms with Crippen molar-refractivity contribution in [3.05, 3.63) is 64.1 Å². The zero-order chi connectivity index (χ0) is 17.7. The maximum absolute atomic E-state index is 12.6. The molecule has 2 rings (SSSR count). The van der Waals surface area contributed by atoms with E-state index in [-0.39, 0.29) is 22.3 Å². The molecule has 0 radical (unpaired) electrons. The van der Waals surface area contributed by atoms with Crippen LogP contribution in [0.3, 0.4) is 0 Å².